The average molecular weight is 499 g/mol. The van der Waals surface area contributed by atoms with Crippen LogP contribution in [0.25, 0.3) is 16.8 Å². The number of hydrogen-bond acceptors (Lipinski definition) is 6. The second-order valence-corrected chi connectivity index (χ2v) is 9.00. The van der Waals surface area contributed by atoms with E-state index in [1.165, 1.54) is 22.8 Å². The van der Waals surface area contributed by atoms with Crippen molar-refractivity contribution in [2.75, 3.05) is 5.32 Å². The van der Waals surface area contributed by atoms with Crippen molar-refractivity contribution in [2.45, 2.75) is 50.9 Å². The molecule has 1 amide bonds. The summed E-state index contributed by atoms with van der Waals surface area (Å²) in [6.07, 6.45) is 1.18. The van der Waals surface area contributed by atoms with E-state index in [2.05, 4.69) is 30.9 Å². The number of alkyl halides is 1. The molecule has 1 fully saturated rings. The number of nitrogens with one attached hydrogen (secondary N) is 3. The number of fused-ring (bicyclic) bond motifs is 1. The van der Waals surface area contributed by atoms with E-state index >= 15 is 4.39 Å². The van der Waals surface area contributed by atoms with Crippen LogP contribution in [0.4, 0.5) is 29.6 Å². The third-order valence-electron chi connectivity index (χ3n) is 5.96. The minimum atomic E-state index is -1.37. The molecule has 9 nitrogen and oxygen atoms in total. The molecule has 0 radical (unpaired) electrons. The lowest BCUT2D eigenvalue weighted by Crippen LogP contribution is -2.36. The number of H-pyrrole nitrogens is 1. The molecule has 188 valence electrons. The van der Waals surface area contributed by atoms with Gasteiger partial charge in [-0.25, -0.2) is 27.5 Å². The van der Waals surface area contributed by atoms with Gasteiger partial charge in [-0.15, -0.1) is 0 Å². The molecule has 1 aliphatic carbocycles. The molecule has 0 spiro atoms. The van der Waals surface area contributed by atoms with Crippen molar-refractivity contribution in [2.24, 2.45) is 0 Å². The number of anilines is 2. The van der Waals surface area contributed by atoms with E-state index in [1.807, 2.05) is 0 Å². The Balaban J connectivity index is 1.32. The summed E-state index contributed by atoms with van der Waals surface area (Å²) in [5.74, 6) is -1.10. The maximum Gasteiger partial charge on any atom is 0.407 e. The van der Waals surface area contributed by atoms with Gasteiger partial charge in [-0.05, 0) is 44.9 Å². The molecule has 3 N–H and O–H groups in total. The number of benzene rings is 1. The van der Waals surface area contributed by atoms with E-state index in [-0.39, 0.29) is 6.04 Å². The van der Waals surface area contributed by atoms with Gasteiger partial charge in [0.25, 0.3) is 0 Å². The van der Waals surface area contributed by atoms with Gasteiger partial charge in [-0.2, -0.15) is 10.2 Å². The highest BCUT2D eigenvalue weighted by molar-refractivity contribution is 5.77. The van der Waals surface area contributed by atoms with Crippen LogP contribution in [-0.4, -0.2) is 49.2 Å². The number of aromatic nitrogens is 5. The first kappa shape index (κ1) is 23.6. The molecule has 0 unspecified atom stereocenters. The number of alkyl carbamates (subject to hydrolysis) is 1. The monoisotopic (exact) mass is 499 g/mol. The maximum absolute atomic E-state index is 15.1. The Morgan fingerprint density at radius 1 is 1.17 bits per heavy atom. The average Bonchev–Trinajstić information content (AvgIpc) is 3.52. The van der Waals surface area contributed by atoms with Crippen LogP contribution in [0.3, 0.4) is 0 Å². The van der Waals surface area contributed by atoms with Crippen molar-refractivity contribution in [3.05, 3.63) is 60.1 Å². The minimum absolute atomic E-state index is 0.103. The summed E-state index contributed by atoms with van der Waals surface area (Å²) in [7, 11) is 0. The van der Waals surface area contributed by atoms with E-state index in [0.29, 0.717) is 46.9 Å². The van der Waals surface area contributed by atoms with Crippen molar-refractivity contribution >= 4 is 23.2 Å². The molecule has 1 aromatic carbocycles. The molecule has 0 saturated heterocycles. The Hall–Kier alpha value is -4.09. The van der Waals surface area contributed by atoms with Crippen LogP contribution in [0, 0.1) is 11.6 Å². The Bertz CT molecular complexity index is 1380. The van der Waals surface area contributed by atoms with Gasteiger partial charge >= 0.3 is 6.09 Å². The standard InChI is InChI=1S/C24H24F3N7O2/c1-12(2)29-24(35)36-20-4-3-16(22(20)27)18-11-21(32-31-18)30-23-19-10-17(33-34(19)6-5-28-23)13-7-14(25)9-15(26)8-13/h5-12,16,20,22H,3-4H2,1-2H3,(H,29,35)(H2,28,30,31,32)/t16-,20-,22-/m1/s1. The Morgan fingerprint density at radius 3 is 2.69 bits per heavy atom. The first-order valence-corrected chi connectivity index (χ1v) is 11.5. The van der Waals surface area contributed by atoms with Crippen LogP contribution >= 0.6 is 0 Å². The van der Waals surface area contributed by atoms with Crippen molar-refractivity contribution < 1.29 is 22.7 Å². The second kappa shape index (κ2) is 9.51. The number of nitrogens with zero attached hydrogens (tertiary/aromatic N) is 4. The third kappa shape index (κ3) is 4.83. The summed E-state index contributed by atoms with van der Waals surface area (Å²) in [5, 5.41) is 17.1. The van der Waals surface area contributed by atoms with Gasteiger partial charge < -0.3 is 15.4 Å². The topological polar surface area (TPSA) is 109 Å². The fourth-order valence-corrected chi connectivity index (χ4v) is 4.35. The van der Waals surface area contributed by atoms with E-state index in [4.69, 9.17) is 4.74 Å². The van der Waals surface area contributed by atoms with Crippen molar-refractivity contribution in [3.63, 3.8) is 0 Å². The zero-order valence-corrected chi connectivity index (χ0v) is 19.5. The van der Waals surface area contributed by atoms with Gasteiger partial charge in [0.15, 0.2) is 11.6 Å². The zero-order valence-electron chi connectivity index (χ0n) is 19.5. The highest BCUT2D eigenvalue weighted by Crippen LogP contribution is 2.38. The quantitative estimate of drug-likeness (QED) is 0.350. The van der Waals surface area contributed by atoms with Crippen LogP contribution in [0.5, 0.6) is 0 Å². The van der Waals surface area contributed by atoms with Crippen molar-refractivity contribution in [1.29, 1.82) is 0 Å². The second-order valence-electron chi connectivity index (χ2n) is 9.00. The number of carbonyl (C=O) groups excluding carboxylic acids is 1. The van der Waals surface area contributed by atoms with E-state index in [0.717, 1.165) is 6.07 Å². The molecule has 0 bridgehead atoms. The van der Waals surface area contributed by atoms with Crippen molar-refractivity contribution in [1.82, 2.24) is 30.1 Å². The normalized spacial score (nSPS) is 19.7. The highest BCUT2D eigenvalue weighted by atomic mass is 19.1. The third-order valence-corrected chi connectivity index (χ3v) is 5.96. The number of halogens is 3. The number of carbonyl (C=O) groups is 1. The summed E-state index contributed by atoms with van der Waals surface area (Å²) in [5.41, 5.74) is 1.77. The van der Waals surface area contributed by atoms with E-state index in [9.17, 15) is 13.6 Å². The van der Waals surface area contributed by atoms with E-state index in [1.54, 1.807) is 32.2 Å². The number of aromatic amines is 1. The number of hydrogen-bond donors (Lipinski definition) is 3. The van der Waals surface area contributed by atoms with Crippen molar-refractivity contribution in [3.8, 4) is 11.3 Å². The predicted molar refractivity (Wildman–Crippen MR) is 126 cm³/mol. The number of rotatable bonds is 6. The number of ether oxygens (including phenoxy) is 1. The van der Waals surface area contributed by atoms with Gasteiger partial charge in [0.05, 0.1) is 5.69 Å². The van der Waals surface area contributed by atoms with Crippen LogP contribution in [0.15, 0.2) is 42.7 Å². The van der Waals surface area contributed by atoms with Crippen LogP contribution in [0.1, 0.15) is 38.3 Å². The van der Waals surface area contributed by atoms with E-state index < -0.39 is 35.9 Å². The molecule has 12 heteroatoms. The molecule has 3 atom stereocenters. The molecule has 4 aromatic rings. The SMILES string of the molecule is CC(C)NC(=O)O[C@@H]1CC[C@H](c2cc(Nc3nccn4nc(-c5cc(F)cc(F)c5)cc34)n[nH]2)[C@H]1F. The number of amides is 1. The fourth-order valence-electron chi connectivity index (χ4n) is 4.35. The largest absolute Gasteiger partial charge is 0.443 e. The van der Waals surface area contributed by atoms with Crippen LogP contribution in [0.2, 0.25) is 0 Å². The van der Waals surface area contributed by atoms with Crippen LogP contribution < -0.4 is 10.6 Å². The summed E-state index contributed by atoms with van der Waals surface area (Å²) in [6, 6.07) is 6.42. The van der Waals surface area contributed by atoms with Crippen LogP contribution in [-0.2, 0) is 4.74 Å². The van der Waals surface area contributed by atoms with Gasteiger partial charge in [0.2, 0.25) is 0 Å². The van der Waals surface area contributed by atoms with Gasteiger partial charge in [-0.1, -0.05) is 0 Å². The maximum atomic E-state index is 15.1. The lowest BCUT2D eigenvalue weighted by atomic mass is 10.0. The summed E-state index contributed by atoms with van der Waals surface area (Å²) in [4.78, 5) is 16.2. The molecule has 3 aromatic heterocycles. The Labute approximate surface area is 204 Å². The molecule has 0 aliphatic heterocycles. The van der Waals surface area contributed by atoms with Gasteiger partial charge in [0, 0.05) is 47.7 Å². The molecular weight excluding hydrogens is 475 g/mol. The Kier molecular flexibility index (Phi) is 6.25. The molecule has 36 heavy (non-hydrogen) atoms. The predicted octanol–water partition coefficient (Wildman–Crippen LogP) is 4.86. The summed E-state index contributed by atoms with van der Waals surface area (Å²) >= 11 is 0. The fraction of sp³-hybridized carbons (Fsp3) is 0.333. The minimum Gasteiger partial charge on any atom is -0.443 e. The molecule has 5 rings (SSSR count). The first-order valence-electron chi connectivity index (χ1n) is 11.5. The van der Waals surface area contributed by atoms with Gasteiger partial charge in [-0.3, -0.25) is 5.10 Å². The lowest BCUT2D eigenvalue weighted by Gasteiger charge is -2.18. The highest BCUT2D eigenvalue weighted by Gasteiger charge is 2.40. The zero-order chi connectivity index (χ0) is 25.4. The first-order chi connectivity index (χ1) is 17.3. The lowest BCUT2D eigenvalue weighted by molar-refractivity contribution is 0.0555. The smallest absolute Gasteiger partial charge is 0.407 e. The van der Waals surface area contributed by atoms with Gasteiger partial charge in [0.1, 0.15) is 29.4 Å². The Morgan fingerprint density at radius 2 is 1.94 bits per heavy atom. The molecular formula is C24H24F3N7O2. The molecule has 3 heterocycles. The summed E-state index contributed by atoms with van der Waals surface area (Å²) < 4.78 is 49.2. The molecule has 1 saturated carbocycles. The summed E-state index contributed by atoms with van der Waals surface area (Å²) in [6.45, 7) is 3.60. The molecule has 1 aliphatic rings.